The average molecular weight is 828 g/mol. The van der Waals surface area contributed by atoms with E-state index in [1.54, 1.807) is 35.6 Å². The smallest absolute Gasteiger partial charge is 0.255 e. The molecular weight excluding hydrogens is 774 g/mol. The number of likely N-dealkylation sites (tertiary alicyclic amines) is 1. The fourth-order valence-corrected chi connectivity index (χ4v) is 7.76. The van der Waals surface area contributed by atoms with E-state index < -0.39 is 41.2 Å². The molecule has 0 aliphatic carbocycles. The highest BCUT2D eigenvalue weighted by molar-refractivity contribution is 7.13. The van der Waals surface area contributed by atoms with Crippen molar-refractivity contribution in [1.29, 1.82) is 0 Å². The first-order valence-electron chi connectivity index (χ1n) is 19.8. The fourth-order valence-electron chi connectivity index (χ4n) is 6.94. The first-order chi connectivity index (χ1) is 28.0. The number of hydrogen-bond acceptors (Lipinski definition) is 9. The van der Waals surface area contributed by atoms with Gasteiger partial charge in [0.1, 0.15) is 17.9 Å². The van der Waals surface area contributed by atoms with Gasteiger partial charge in [-0.15, -0.1) is 11.3 Å². The SMILES string of the molecule is Cc1ncsc1-c1ccc(C(C)NC(=O)C2CC(O)CN2C(=O)C(NC(=O)CCCCCCC(=O)Nc2ccc(C(=O)Nc3ccc(F)cc3N)cc2)C(C)(C)C)cc1. The van der Waals surface area contributed by atoms with Gasteiger partial charge >= 0.3 is 0 Å². The number of aliphatic hydroxyl groups excluding tert-OH is 1. The molecule has 0 bridgehead atoms. The number of aliphatic hydroxyl groups is 1. The number of nitrogens with one attached hydrogen (secondary N) is 4. The Morgan fingerprint density at radius 2 is 1.58 bits per heavy atom. The number of nitrogens with zero attached hydrogens (tertiary/aromatic N) is 2. The highest BCUT2D eigenvalue weighted by Gasteiger charge is 2.44. The van der Waals surface area contributed by atoms with Crippen LogP contribution in [0.4, 0.5) is 21.5 Å². The predicted molar refractivity (Wildman–Crippen MR) is 228 cm³/mol. The summed E-state index contributed by atoms with van der Waals surface area (Å²) >= 11 is 1.57. The lowest BCUT2D eigenvalue weighted by Crippen LogP contribution is -2.57. The third kappa shape index (κ3) is 12.2. The van der Waals surface area contributed by atoms with E-state index in [0.29, 0.717) is 42.6 Å². The van der Waals surface area contributed by atoms with Gasteiger partial charge in [-0.1, -0.05) is 57.9 Å². The van der Waals surface area contributed by atoms with Crippen LogP contribution in [0.5, 0.6) is 0 Å². The van der Waals surface area contributed by atoms with Crippen molar-refractivity contribution < 1.29 is 33.5 Å². The van der Waals surface area contributed by atoms with Crippen molar-refractivity contribution in [3.63, 3.8) is 0 Å². The largest absolute Gasteiger partial charge is 0.397 e. The zero-order chi connectivity index (χ0) is 42.9. The summed E-state index contributed by atoms with van der Waals surface area (Å²) in [6, 6.07) is 15.8. The number of hydrogen-bond donors (Lipinski definition) is 6. The maximum Gasteiger partial charge on any atom is 0.255 e. The Labute approximate surface area is 348 Å². The molecule has 4 aromatic rings. The number of β-amino-alcohol motifs (C(OH)–C–C–N with tert-alkyl or cyclic N) is 1. The number of nitrogen functional groups attached to an aromatic ring is 1. The summed E-state index contributed by atoms with van der Waals surface area (Å²) in [6.07, 6.45) is 2.25. The fraction of sp³-hybridized carbons (Fsp3) is 0.409. The minimum atomic E-state index is -0.920. The van der Waals surface area contributed by atoms with E-state index in [2.05, 4.69) is 26.3 Å². The Morgan fingerprint density at radius 3 is 2.19 bits per heavy atom. The Hall–Kier alpha value is -5.67. The van der Waals surface area contributed by atoms with Crippen LogP contribution in [0.25, 0.3) is 10.4 Å². The van der Waals surface area contributed by atoms with E-state index in [4.69, 9.17) is 5.73 Å². The van der Waals surface area contributed by atoms with Gasteiger partial charge in [-0.25, -0.2) is 9.37 Å². The summed E-state index contributed by atoms with van der Waals surface area (Å²) in [5, 5.41) is 22.0. The van der Waals surface area contributed by atoms with E-state index in [0.717, 1.165) is 27.8 Å². The Bertz CT molecular complexity index is 2120. The number of halogens is 1. The number of rotatable bonds is 16. The number of carbonyl (C=O) groups is 5. The van der Waals surface area contributed by atoms with Gasteiger partial charge in [0.25, 0.3) is 5.91 Å². The Kier molecular flexibility index (Phi) is 15.0. The number of thiazole rings is 1. The van der Waals surface area contributed by atoms with Crippen LogP contribution in [-0.2, 0) is 19.2 Å². The molecule has 5 rings (SSSR count). The summed E-state index contributed by atoms with van der Waals surface area (Å²) in [7, 11) is 0. The number of nitrogens with two attached hydrogens (primary N) is 1. The van der Waals surface area contributed by atoms with Crippen molar-refractivity contribution in [2.45, 2.75) is 104 Å². The number of aryl methyl sites for hydroxylation is 1. The second-order valence-corrected chi connectivity index (χ2v) is 17.0. The third-order valence-corrected chi connectivity index (χ3v) is 11.3. The zero-order valence-corrected chi connectivity index (χ0v) is 35.0. The Balaban J connectivity index is 1.04. The summed E-state index contributed by atoms with van der Waals surface area (Å²) < 4.78 is 13.3. The zero-order valence-electron chi connectivity index (χ0n) is 34.1. The van der Waals surface area contributed by atoms with Crippen molar-refractivity contribution in [3.05, 3.63) is 94.9 Å². The summed E-state index contributed by atoms with van der Waals surface area (Å²) in [5.74, 6) is -2.20. The molecule has 5 amide bonds. The van der Waals surface area contributed by atoms with Gasteiger partial charge in [0.15, 0.2) is 0 Å². The molecule has 15 heteroatoms. The molecule has 7 N–H and O–H groups in total. The van der Waals surface area contributed by atoms with E-state index in [1.165, 1.54) is 17.0 Å². The Morgan fingerprint density at radius 1 is 0.915 bits per heavy atom. The number of unbranched alkanes of at least 4 members (excludes halogenated alkanes) is 3. The van der Waals surface area contributed by atoms with Crippen LogP contribution in [0, 0.1) is 18.2 Å². The summed E-state index contributed by atoms with van der Waals surface area (Å²) in [5.41, 5.74) is 11.1. The molecule has 314 valence electrons. The number of benzene rings is 3. The molecule has 0 spiro atoms. The topological polar surface area (TPSA) is 196 Å². The van der Waals surface area contributed by atoms with Gasteiger partial charge < -0.3 is 37.0 Å². The maximum absolute atomic E-state index is 14.0. The minimum absolute atomic E-state index is 0.0124. The van der Waals surface area contributed by atoms with Crippen LogP contribution < -0.4 is 27.0 Å². The second-order valence-electron chi connectivity index (χ2n) is 16.1. The third-order valence-electron chi connectivity index (χ3n) is 10.3. The highest BCUT2D eigenvalue weighted by Crippen LogP contribution is 2.30. The summed E-state index contributed by atoms with van der Waals surface area (Å²) in [4.78, 5) is 72.6. The molecule has 1 aliphatic rings. The number of amides is 5. The average Bonchev–Trinajstić information content (AvgIpc) is 3.81. The van der Waals surface area contributed by atoms with Crippen LogP contribution >= 0.6 is 11.3 Å². The summed E-state index contributed by atoms with van der Waals surface area (Å²) in [6.45, 7) is 9.36. The van der Waals surface area contributed by atoms with E-state index in [9.17, 15) is 33.5 Å². The first-order valence-corrected chi connectivity index (χ1v) is 20.7. The van der Waals surface area contributed by atoms with Gasteiger partial charge in [-0.2, -0.15) is 0 Å². The molecule has 4 unspecified atom stereocenters. The van der Waals surface area contributed by atoms with Crippen LogP contribution in [0.15, 0.2) is 72.2 Å². The van der Waals surface area contributed by atoms with Crippen LogP contribution in [-0.4, -0.2) is 69.3 Å². The monoisotopic (exact) mass is 827 g/mol. The molecule has 0 saturated carbocycles. The molecule has 1 fully saturated rings. The van der Waals surface area contributed by atoms with Crippen molar-refractivity contribution in [1.82, 2.24) is 20.5 Å². The number of anilines is 3. The molecule has 1 aliphatic heterocycles. The van der Waals surface area contributed by atoms with Gasteiger partial charge in [0, 0.05) is 37.1 Å². The molecule has 4 atom stereocenters. The van der Waals surface area contributed by atoms with Crippen LogP contribution in [0.3, 0.4) is 0 Å². The first kappa shape index (κ1) is 44.4. The quantitative estimate of drug-likeness (QED) is 0.0528. The standard InChI is InChI=1S/C44H54FN7O6S/c1-26(28-12-14-29(15-13-28)39-27(2)47-25-59-39)48-42(57)36-23-33(53)24-52(36)43(58)40(44(3,4)5)51-38(55)11-9-7-6-8-10-37(54)49-32-19-16-30(17-20-32)41(56)50-35-21-18-31(45)22-34(35)46/h12-22,25-26,33,36,40,53H,6-11,23-24,46H2,1-5H3,(H,48,57)(H,49,54)(H,50,56)(H,51,55). The minimum Gasteiger partial charge on any atom is -0.397 e. The van der Waals surface area contributed by atoms with E-state index in [-0.39, 0.29) is 55.3 Å². The van der Waals surface area contributed by atoms with E-state index in [1.807, 2.05) is 64.4 Å². The lowest BCUT2D eigenvalue weighted by molar-refractivity contribution is -0.144. The molecule has 1 aromatic heterocycles. The lowest BCUT2D eigenvalue weighted by Gasteiger charge is -2.35. The van der Waals surface area contributed by atoms with Crippen molar-refractivity contribution in [2.75, 3.05) is 22.9 Å². The molecule has 3 aromatic carbocycles. The van der Waals surface area contributed by atoms with E-state index >= 15 is 0 Å². The molecule has 0 radical (unpaired) electrons. The molecule has 59 heavy (non-hydrogen) atoms. The normalized spacial score (nSPS) is 16.2. The lowest BCUT2D eigenvalue weighted by atomic mass is 9.85. The maximum atomic E-state index is 14.0. The second kappa shape index (κ2) is 19.9. The van der Waals surface area contributed by atoms with Crippen molar-refractivity contribution in [2.24, 2.45) is 5.41 Å². The van der Waals surface area contributed by atoms with Crippen molar-refractivity contribution in [3.8, 4) is 10.4 Å². The molecule has 1 saturated heterocycles. The van der Waals surface area contributed by atoms with Crippen LogP contribution in [0.2, 0.25) is 0 Å². The number of aromatic nitrogens is 1. The number of carbonyl (C=O) groups excluding carboxylic acids is 5. The molecular formula is C44H54FN7O6S. The van der Waals surface area contributed by atoms with Gasteiger partial charge in [-0.05, 0) is 85.7 Å². The molecule has 13 nitrogen and oxygen atoms in total. The molecule has 2 heterocycles. The van der Waals surface area contributed by atoms with Gasteiger partial charge in [-0.3, -0.25) is 24.0 Å². The highest BCUT2D eigenvalue weighted by atomic mass is 32.1. The van der Waals surface area contributed by atoms with Crippen molar-refractivity contribution >= 4 is 57.9 Å². The predicted octanol–water partition coefficient (Wildman–Crippen LogP) is 6.74. The van der Waals surface area contributed by atoms with Crippen LogP contribution in [0.1, 0.15) is 100 Å². The van der Waals surface area contributed by atoms with Gasteiger partial charge in [0.05, 0.1) is 39.6 Å². The van der Waals surface area contributed by atoms with Gasteiger partial charge in [0.2, 0.25) is 23.6 Å².